The van der Waals surface area contributed by atoms with Gasteiger partial charge in [0, 0.05) is 12.1 Å². The van der Waals surface area contributed by atoms with Crippen molar-refractivity contribution in [3.05, 3.63) is 29.8 Å². The third kappa shape index (κ3) is 3.28. The van der Waals surface area contributed by atoms with E-state index >= 15 is 0 Å². The van der Waals surface area contributed by atoms with Gasteiger partial charge in [0.25, 0.3) is 0 Å². The monoisotopic (exact) mass is 294 g/mol. The third-order valence-corrected chi connectivity index (χ3v) is 4.14. The lowest BCUT2D eigenvalue weighted by Crippen LogP contribution is -2.48. The number of hydrogen-bond acceptors (Lipinski definition) is 3. The highest BCUT2D eigenvalue weighted by Gasteiger charge is 2.37. The van der Waals surface area contributed by atoms with E-state index in [1.165, 1.54) is 0 Å². The molecule has 0 aromatic heterocycles. The molecule has 0 saturated heterocycles. The van der Waals surface area contributed by atoms with Gasteiger partial charge in [-0.1, -0.05) is 44.3 Å². The molecule has 5 heteroatoms. The van der Waals surface area contributed by atoms with E-state index in [9.17, 15) is 4.79 Å². The van der Waals surface area contributed by atoms with E-state index in [4.69, 9.17) is 22.7 Å². The first-order valence-electron chi connectivity index (χ1n) is 6.72. The van der Waals surface area contributed by atoms with Crippen LogP contribution in [-0.2, 0) is 11.3 Å². The van der Waals surface area contributed by atoms with Crippen LogP contribution in [-0.4, -0.2) is 18.0 Å². The van der Waals surface area contributed by atoms with Crippen LogP contribution in [0.5, 0.6) is 5.75 Å². The molecule has 4 nitrogen and oxygen atoms in total. The van der Waals surface area contributed by atoms with Crippen LogP contribution in [0.3, 0.4) is 0 Å². The van der Waals surface area contributed by atoms with Crippen molar-refractivity contribution < 1.29 is 9.53 Å². The smallest absolute Gasteiger partial charge is 0.233 e. The summed E-state index contributed by atoms with van der Waals surface area (Å²) in [6, 6.07) is 7.58. The quantitative estimate of drug-likeness (QED) is 0.758. The molecule has 1 amide bonds. The molecule has 0 heterocycles. The predicted molar refractivity (Wildman–Crippen MR) is 84.6 cm³/mol. The summed E-state index contributed by atoms with van der Waals surface area (Å²) in [5.41, 5.74) is 5.92. The first-order valence-corrected chi connectivity index (χ1v) is 7.12. The van der Waals surface area contributed by atoms with Crippen molar-refractivity contribution in [1.29, 1.82) is 0 Å². The fraction of sp³-hybridized carbons (Fsp3) is 0.467. The molecule has 0 atom stereocenters. The second-order valence-corrected chi connectivity index (χ2v) is 5.09. The Kier molecular flexibility index (Phi) is 5.95. The van der Waals surface area contributed by atoms with Gasteiger partial charge < -0.3 is 15.8 Å². The largest absolute Gasteiger partial charge is 0.496 e. The molecule has 0 radical (unpaired) electrons. The maximum absolute atomic E-state index is 12.4. The minimum absolute atomic E-state index is 0.124. The van der Waals surface area contributed by atoms with E-state index in [2.05, 4.69) is 5.32 Å². The van der Waals surface area contributed by atoms with Crippen molar-refractivity contribution in [2.75, 3.05) is 7.11 Å². The summed E-state index contributed by atoms with van der Waals surface area (Å²) in [7, 11) is 1.61. The fourth-order valence-electron chi connectivity index (χ4n) is 2.23. The average Bonchev–Trinajstić information content (AvgIpc) is 2.46. The first kappa shape index (κ1) is 16.4. The molecule has 1 aromatic rings. The highest BCUT2D eigenvalue weighted by Crippen LogP contribution is 2.27. The van der Waals surface area contributed by atoms with E-state index < -0.39 is 5.41 Å². The van der Waals surface area contributed by atoms with Crippen LogP contribution >= 0.6 is 12.2 Å². The lowest BCUT2D eigenvalue weighted by atomic mass is 9.81. The molecule has 0 aliphatic rings. The number of methoxy groups -OCH3 is 1. The molecular formula is C15H22N2O2S. The second-order valence-electron chi connectivity index (χ2n) is 4.65. The van der Waals surface area contributed by atoms with Crippen molar-refractivity contribution in [1.82, 2.24) is 5.32 Å². The standard InChI is InChI=1S/C15H22N2O2S/c1-4-15(5-2,13(16)20)14(18)17-10-11-8-6-7-9-12(11)19-3/h6-9H,4-5,10H2,1-3H3,(H2,16,20)(H,17,18). The molecule has 0 saturated carbocycles. The number of nitrogens with one attached hydrogen (secondary N) is 1. The van der Waals surface area contributed by atoms with Gasteiger partial charge in [-0.2, -0.15) is 0 Å². The molecule has 0 aliphatic carbocycles. The molecule has 0 aliphatic heterocycles. The average molecular weight is 294 g/mol. The maximum Gasteiger partial charge on any atom is 0.233 e. The number of thiocarbonyl (C=S) groups is 1. The Bertz CT molecular complexity index is 485. The van der Waals surface area contributed by atoms with E-state index in [1.54, 1.807) is 7.11 Å². The topological polar surface area (TPSA) is 64.3 Å². The fourth-order valence-corrected chi connectivity index (χ4v) is 2.61. The van der Waals surface area contributed by atoms with Crippen LogP contribution in [0.4, 0.5) is 0 Å². The van der Waals surface area contributed by atoms with Crippen LogP contribution in [0.1, 0.15) is 32.3 Å². The van der Waals surface area contributed by atoms with Gasteiger partial charge in [0.2, 0.25) is 5.91 Å². The van der Waals surface area contributed by atoms with E-state index in [1.807, 2.05) is 38.1 Å². The minimum atomic E-state index is -0.767. The zero-order valence-corrected chi connectivity index (χ0v) is 13.0. The summed E-state index contributed by atoms with van der Waals surface area (Å²) < 4.78 is 5.26. The molecule has 110 valence electrons. The summed E-state index contributed by atoms with van der Waals surface area (Å²) in [6.45, 7) is 4.24. The van der Waals surface area contributed by atoms with Gasteiger partial charge in [-0.3, -0.25) is 4.79 Å². The molecule has 20 heavy (non-hydrogen) atoms. The zero-order valence-electron chi connectivity index (χ0n) is 12.2. The second kappa shape index (κ2) is 7.24. The number of carbonyl (C=O) groups is 1. The molecule has 0 spiro atoms. The SMILES string of the molecule is CCC(CC)(C(=O)NCc1ccccc1OC)C(N)=S. The van der Waals surface area contributed by atoms with Crippen LogP contribution in [0.25, 0.3) is 0 Å². The van der Waals surface area contributed by atoms with E-state index in [0.717, 1.165) is 11.3 Å². The van der Waals surface area contributed by atoms with Crippen molar-refractivity contribution in [3.8, 4) is 5.75 Å². The highest BCUT2D eigenvalue weighted by atomic mass is 32.1. The number of carbonyl (C=O) groups excluding carboxylic acids is 1. The van der Waals surface area contributed by atoms with Crippen molar-refractivity contribution in [3.63, 3.8) is 0 Å². The molecule has 1 aromatic carbocycles. The Morgan fingerprint density at radius 2 is 1.95 bits per heavy atom. The van der Waals surface area contributed by atoms with Crippen LogP contribution in [0, 0.1) is 5.41 Å². The van der Waals surface area contributed by atoms with Gasteiger partial charge in [-0.15, -0.1) is 0 Å². The lowest BCUT2D eigenvalue weighted by molar-refractivity contribution is -0.128. The van der Waals surface area contributed by atoms with E-state index in [-0.39, 0.29) is 10.9 Å². The highest BCUT2D eigenvalue weighted by molar-refractivity contribution is 7.80. The Balaban J connectivity index is 2.83. The Morgan fingerprint density at radius 3 is 2.45 bits per heavy atom. The van der Waals surface area contributed by atoms with Crippen LogP contribution < -0.4 is 15.8 Å². The molecule has 0 bridgehead atoms. The van der Waals surface area contributed by atoms with Gasteiger partial charge in [0.15, 0.2) is 0 Å². The van der Waals surface area contributed by atoms with Crippen molar-refractivity contribution in [2.45, 2.75) is 33.2 Å². The van der Waals surface area contributed by atoms with E-state index in [0.29, 0.717) is 19.4 Å². The number of rotatable bonds is 7. The van der Waals surface area contributed by atoms with Crippen molar-refractivity contribution >= 4 is 23.1 Å². The number of hydrogen-bond donors (Lipinski definition) is 2. The Morgan fingerprint density at radius 1 is 1.35 bits per heavy atom. The summed E-state index contributed by atoms with van der Waals surface area (Å²) in [4.78, 5) is 12.7. The molecular weight excluding hydrogens is 272 g/mol. The van der Waals surface area contributed by atoms with Gasteiger partial charge >= 0.3 is 0 Å². The Labute approximate surface area is 125 Å². The van der Waals surface area contributed by atoms with Gasteiger partial charge in [-0.05, 0) is 18.9 Å². The van der Waals surface area contributed by atoms with Gasteiger partial charge in [0.1, 0.15) is 5.75 Å². The first-order chi connectivity index (χ1) is 9.51. The van der Waals surface area contributed by atoms with Crippen LogP contribution in [0.2, 0.25) is 0 Å². The zero-order chi connectivity index (χ0) is 15.2. The normalized spacial score (nSPS) is 10.9. The lowest BCUT2D eigenvalue weighted by Gasteiger charge is -2.29. The number of para-hydroxylation sites is 1. The summed E-state index contributed by atoms with van der Waals surface area (Å²) >= 11 is 5.08. The minimum Gasteiger partial charge on any atom is -0.496 e. The predicted octanol–water partition coefficient (Wildman–Crippen LogP) is 2.40. The van der Waals surface area contributed by atoms with Crippen LogP contribution in [0.15, 0.2) is 24.3 Å². The van der Waals surface area contributed by atoms with Gasteiger partial charge in [-0.25, -0.2) is 0 Å². The summed E-state index contributed by atoms with van der Waals surface area (Å²) in [6.07, 6.45) is 1.19. The molecule has 0 fully saturated rings. The van der Waals surface area contributed by atoms with Crippen molar-refractivity contribution in [2.24, 2.45) is 11.1 Å². The number of amides is 1. The third-order valence-electron chi connectivity index (χ3n) is 3.75. The molecule has 3 N–H and O–H groups in total. The molecule has 1 rings (SSSR count). The molecule has 0 unspecified atom stereocenters. The number of nitrogens with two attached hydrogens (primary N) is 1. The summed E-state index contributed by atoms with van der Waals surface area (Å²) in [5, 5.41) is 2.91. The summed E-state index contributed by atoms with van der Waals surface area (Å²) in [5.74, 6) is 0.627. The maximum atomic E-state index is 12.4. The number of benzene rings is 1. The Hall–Kier alpha value is -1.62. The number of ether oxygens (including phenoxy) is 1. The van der Waals surface area contributed by atoms with Gasteiger partial charge in [0.05, 0.1) is 17.5 Å².